The fourth-order valence-electron chi connectivity index (χ4n) is 2.61. The van der Waals surface area contributed by atoms with Gasteiger partial charge in [-0.25, -0.2) is 0 Å². The molecule has 1 atom stereocenters. The Bertz CT molecular complexity index is 447. The Morgan fingerprint density at radius 3 is 2.67 bits per heavy atom. The molecule has 0 fully saturated rings. The van der Waals surface area contributed by atoms with Crippen LogP contribution in [0.3, 0.4) is 0 Å². The molecule has 2 rings (SSSR count). The molecule has 0 radical (unpaired) electrons. The zero-order chi connectivity index (χ0) is 14.9. The van der Waals surface area contributed by atoms with Crippen molar-refractivity contribution in [2.24, 2.45) is 0 Å². The number of carbonyl (C=O) groups excluding carboxylic acids is 1. The second kappa shape index (κ2) is 8.55. The number of para-hydroxylation sites is 2. The number of benzene rings is 1. The first kappa shape index (κ1) is 15.7. The average molecular weight is 289 g/mol. The van der Waals surface area contributed by atoms with Crippen LogP contribution in [0.5, 0.6) is 0 Å². The number of rotatable bonds is 8. The molecule has 1 aliphatic rings. The van der Waals surface area contributed by atoms with E-state index >= 15 is 0 Å². The van der Waals surface area contributed by atoms with E-state index in [1.807, 2.05) is 24.3 Å². The summed E-state index contributed by atoms with van der Waals surface area (Å²) >= 11 is 0. The fraction of sp³-hybridized carbons (Fsp3) is 0.588. The predicted octanol–water partition coefficient (Wildman–Crippen LogP) is 3.37. The third kappa shape index (κ3) is 4.96. The first-order valence-corrected chi connectivity index (χ1v) is 8.18. The molecule has 116 valence electrons. The zero-order valence-corrected chi connectivity index (χ0v) is 13.0. The van der Waals surface area contributed by atoms with Gasteiger partial charge < -0.3 is 16.0 Å². The number of carbonyl (C=O) groups is 1. The lowest BCUT2D eigenvalue weighted by atomic mass is 10.1. The van der Waals surface area contributed by atoms with Crippen molar-refractivity contribution in [1.82, 2.24) is 5.32 Å². The lowest BCUT2D eigenvalue weighted by molar-refractivity contribution is -0.121. The second-order valence-electron chi connectivity index (χ2n) is 5.68. The predicted molar refractivity (Wildman–Crippen MR) is 88.7 cm³/mol. The molecule has 0 saturated heterocycles. The second-order valence-corrected chi connectivity index (χ2v) is 5.68. The van der Waals surface area contributed by atoms with Crippen LogP contribution in [0, 0.1) is 0 Å². The summed E-state index contributed by atoms with van der Waals surface area (Å²) in [5, 5.41) is 9.62. The molecule has 1 aromatic carbocycles. The average Bonchev–Trinajstić information content (AvgIpc) is 2.53. The van der Waals surface area contributed by atoms with Gasteiger partial charge in [0.15, 0.2) is 0 Å². The number of hydrogen-bond acceptors (Lipinski definition) is 3. The molecule has 1 heterocycles. The van der Waals surface area contributed by atoms with Gasteiger partial charge in [-0.1, -0.05) is 51.2 Å². The summed E-state index contributed by atoms with van der Waals surface area (Å²) in [6, 6.07) is 7.80. The summed E-state index contributed by atoms with van der Waals surface area (Å²) in [5.74, 6) is 0.0885. The standard InChI is InChI=1S/C17H27N3O/c1-2-3-4-5-6-9-12-18-17(21)16-13-19-14-10-7-8-11-15(14)20-16/h7-8,10-11,16,19-20H,2-6,9,12-13H2,1H3,(H,18,21). The highest BCUT2D eigenvalue weighted by Crippen LogP contribution is 2.25. The molecule has 0 spiro atoms. The molecule has 0 bridgehead atoms. The van der Waals surface area contributed by atoms with E-state index in [4.69, 9.17) is 0 Å². The van der Waals surface area contributed by atoms with E-state index in [2.05, 4.69) is 22.9 Å². The van der Waals surface area contributed by atoms with Crippen LogP contribution in [0.2, 0.25) is 0 Å². The number of anilines is 2. The molecule has 1 aromatic rings. The van der Waals surface area contributed by atoms with Gasteiger partial charge in [0.1, 0.15) is 6.04 Å². The first-order valence-electron chi connectivity index (χ1n) is 8.18. The van der Waals surface area contributed by atoms with E-state index in [9.17, 15) is 4.79 Å². The molecule has 4 heteroatoms. The highest BCUT2D eigenvalue weighted by Gasteiger charge is 2.22. The van der Waals surface area contributed by atoms with Crippen LogP contribution >= 0.6 is 0 Å². The lowest BCUT2D eigenvalue weighted by Gasteiger charge is -2.27. The van der Waals surface area contributed by atoms with Crippen molar-refractivity contribution in [2.45, 2.75) is 51.5 Å². The topological polar surface area (TPSA) is 53.2 Å². The van der Waals surface area contributed by atoms with Crippen LogP contribution < -0.4 is 16.0 Å². The monoisotopic (exact) mass is 289 g/mol. The van der Waals surface area contributed by atoms with Crippen LogP contribution in [-0.4, -0.2) is 25.0 Å². The van der Waals surface area contributed by atoms with Crippen LogP contribution in [0.4, 0.5) is 11.4 Å². The van der Waals surface area contributed by atoms with E-state index in [-0.39, 0.29) is 11.9 Å². The van der Waals surface area contributed by atoms with Gasteiger partial charge in [0, 0.05) is 13.1 Å². The maximum absolute atomic E-state index is 12.1. The van der Waals surface area contributed by atoms with E-state index in [0.717, 1.165) is 24.3 Å². The summed E-state index contributed by atoms with van der Waals surface area (Å²) in [4.78, 5) is 12.1. The van der Waals surface area contributed by atoms with Gasteiger partial charge in [0.2, 0.25) is 5.91 Å². The Morgan fingerprint density at radius 2 is 1.86 bits per heavy atom. The van der Waals surface area contributed by atoms with Crippen LogP contribution in [0.15, 0.2) is 24.3 Å². The third-order valence-electron chi connectivity index (χ3n) is 3.90. The van der Waals surface area contributed by atoms with Crippen LogP contribution in [-0.2, 0) is 4.79 Å². The number of unbranched alkanes of at least 4 members (excludes halogenated alkanes) is 5. The Kier molecular flexibility index (Phi) is 6.38. The molecule has 21 heavy (non-hydrogen) atoms. The summed E-state index contributed by atoms with van der Waals surface area (Å²) < 4.78 is 0. The quantitative estimate of drug-likeness (QED) is 0.643. The maximum atomic E-state index is 12.1. The Labute approximate surface area is 127 Å². The molecule has 1 unspecified atom stereocenters. The number of hydrogen-bond donors (Lipinski definition) is 3. The van der Waals surface area contributed by atoms with Gasteiger partial charge in [0.05, 0.1) is 11.4 Å². The number of amides is 1. The van der Waals surface area contributed by atoms with Crippen LogP contribution in [0.25, 0.3) is 0 Å². The molecule has 3 N–H and O–H groups in total. The molecular formula is C17H27N3O. The van der Waals surface area contributed by atoms with Gasteiger partial charge in [0.25, 0.3) is 0 Å². The Morgan fingerprint density at radius 1 is 1.14 bits per heavy atom. The molecule has 1 amide bonds. The minimum Gasteiger partial charge on any atom is -0.381 e. The fourth-order valence-corrected chi connectivity index (χ4v) is 2.61. The normalized spacial score (nSPS) is 16.5. The van der Waals surface area contributed by atoms with Crippen molar-refractivity contribution in [2.75, 3.05) is 23.7 Å². The molecule has 1 aliphatic heterocycles. The van der Waals surface area contributed by atoms with E-state index in [0.29, 0.717) is 6.54 Å². The van der Waals surface area contributed by atoms with Crippen molar-refractivity contribution < 1.29 is 4.79 Å². The van der Waals surface area contributed by atoms with Gasteiger partial charge in [-0.2, -0.15) is 0 Å². The maximum Gasteiger partial charge on any atom is 0.244 e. The highest BCUT2D eigenvalue weighted by molar-refractivity contribution is 5.88. The molecule has 0 aliphatic carbocycles. The minimum atomic E-state index is -0.181. The van der Waals surface area contributed by atoms with Gasteiger partial charge in [-0.3, -0.25) is 4.79 Å². The smallest absolute Gasteiger partial charge is 0.244 e. The first-order chi connectivity index (χ1) is 10.3. The third-order valence-corrected chi connectivity index (χ3v) is 3.90. The van der Waals surface area contributed by atoms with Gasteiger partial charge >= 0.3 is 0 Å². The van der Waals surface area contributed by atoms with Crippen molar-refractivity contribution in [3.05, 3.63) is 24.3 Å². The van der Waals surface area contributed by atoms with Crippen LogP contribution in [0.1, 0.15) is 45.4 Å². The summed E-state index contributed by atoms with van der Waals surface area (Å²) in [6.45, 7) is 3.65. The van der Waals surface area contributed by atoms with Gasteiger partial charge in [-0.15, -0.1) is 0 Å². The van der Waals surface area contributed by atoms with Crippen molar-refractivity contribution in [3.63, 3.8) is 0 Å². The summed E-state index contributed by atoms with van der Waals surface area (Å²) in [5.41, 5.74) is 2.07. The molecule has 4 nitrogen and oxygen atoms in total. The van der Waals surface area contributed by atoms with Gasteiger partial charge in [-0.05, 0) is 18.6 Å². The van der Waals surface area contributed by atoms with E-state index in [1.54, 1.807) is 0 Å². The zero-order valence-electron chi connectivity index (χ0n) is 13.0. The molecule has 0 saturated carbocycles. The summed E-state index contributed by atoms with van der Waals surface area (Å²) in [7, 11) is 0. The minimum absolute atomic E-state index is 0.0885. The molecule has 0 aromatic heterocycles. The number of nitrogens with one attached hydrogen (secondary N) is 3. The number of fused-ring (bicyclic) bond motifs is 1. The van der Waals surface area contributed by atoms with Crippen molar-refractivity contribution >= 4 is 17.3 Å². The van der Waals surface area contributed by atoms with Crippen molar-refractivity contribution in [3.8, 4) is 0 Å². The largest absolute Gasteiger partial charge is 0.381 e. The lowest BCUT2D eigenvalue weighted by Crippen LogP contribution is -2.46. The van der Waals surface area contributed by atoms with E-state index < -0.39 is 0 Å². The summed E-state index contributed by atoms with van der Waals surface area (Å²) in [6.07, 6.45) is 7.48. The Hall–Kier alpha value is -1.71. The van der Waals surface area contributed by atoms with Crippen molar-refractivity contribution in [1.29, 1.82) is 0 Å². The highest BCUT2D eigenvalue weighted by atomic mass is 16.2. The Balaban J connectivity index is 1.64. The molecular weight excluding hydrogens is 262 g/mol. The SMILES string of the molecule is CCCCCCCCNC(=O)C1CNc2ccccc2N1. The van der Waals surface area contributed by atoms with E-state index in [1.165, 1.54) is 32.1 Å².